The summed E-state index contributed by atoms with van der Waals surface area (Å²) in [5, 5.41) is 14.8. The zero-order valence-electron chi connectivity index (χ0n) is 19.1. The molecule has 0 spiro atoms. The van der Waals surface area contributed by atoms with Crippen molar-refractivity contribution in [3.63, 3.8) is 0 Å². The number of rotatable bonds is 5. The fourth-order valence-corrected chi connectivity index (χ4v) is 4.27. The summed E-state index contributed by atoms with van der Waals surface area (Å²) in [7, 11) is 0. The van der Waals surface area contributed by atoms with Gasteiger partial charge in [-0.2, -0.15) is 5.10 Å². The number of hydrazone groups is 1. The Bertz CT molecular complexity index is 1120. The van der Waals surface area contributed by atoms with E-state index in [-0.39, 0.29) is 11.8 Å². The highest BCUT2D eigenvalue weighted by molar-refractivity contribution is 6.30. The van der Waals surface area contributed by atoms with Gasteiger partial charge >= 0.3 is 0 Å². The topological polar surface area (TPSA) is 127 Å². The summed E-state index contributed by atoms with van der Waals surface area (Å²) in [6, 6.07) is 11.6. The monoisotopic (exact) mass is 497 g/mol. The molecular formula is C24H28ClN7O3. The van der Waals surface area contributed by atoms with Crippen LogP contribution in [-0.4, -0.2) is 36.6 Å². The Balaban J connectivity index is 1.42. The highest BCUT2D eigenvalue weighted by Gasteiger charge is 2.23. The number of fused-ring (bicyclic) bond motifs is 1. The van der Waals surface area contributed by atoms with Gasteiger partial charge in [-0.05, 0) is 55.2 Å². The zero-order chi connectivity index (χ0) is 24.6. The van der Waals surface area contributed by atoms with Crippen LogP contribution in [0.2, 0.25) is 5.02 Å². The summed E-state index contributed by atoms with van der Waals surface area (Å²) in [6.07, 6.45) is 5.23. The van der Waals surface area contributed by atoms with Crippen LogP contribution in [0.1, 0.15) is 48.0 Å². The van der Waals surface area contributed by atoms with Gasteiger partial charge in [0.1, 0.15) is 12.4 Å². The smallest absolute Gasteiger partial charge is 0.254 e. The molecule has 35 heavy (non-hydrogen) atoms. The van der Waals surface area contributed by atoms with Crippen LogP contribution in [0.4, 0.5) is 11.4 Å². The van der Waals surface area contributed by atoms with Crippen molar-refractivity contribution in [2.24, 2.45) is 5.10 Å². The third-order valence-electron chi connectivity index (χ3n) is 5.87. The van der Waals surface area contributed by atoms with Crippen LogP contribution < -0.4 is 32.0 Å². The van der Waals surface area contributed by atoms with Gasteiger partial charge in [0.05, 0.1) is 16.9 Å². The summed E-state index contributed by atoms with van der Waals surface area (Å²) in [5.41, 5.74) is 8.09. The fraction of sp³-hybridized carbons (Fsp3) is 0.333. The van der Waals surface area contributed by atoms with E-state index in [0.717, 1.165) is 30.5 Å². The summed E-state index contributed by atoms with van der Waals surface area (Å²) in [5.74, 6) is -0.764. The minimum Gasteiger partial charge on any atom is -0.354 e. The maximum atomic E-state index is 13.0. The number of anilines is 2. The van der Waals surface area contributed by atoms with Crippen molar-refractivity contribution in [1.29, 1.82) is 0 Å². The molecule has 2 aliphatic heterocycles. The first kappa shape index (κ1) is 24.5. The van der Waals surface area contributed by atoms with E-state index in [4.69, 9.17) is 11.6 Å². The van der Waals surface area contributed by atoms with Gasteiger partial charge in [0.15, 0.2) is 0 Å². The molecule has 2 aromatic rings. The van der Waals surface area contributed by atoms with Gasteiger partial charge in [-0.3, -0.25) is 14.4 Å². The molecule has 0 bridgehead atoms. The molecule has 0 saturated heterocycles. The maximum absolute atomic E-state index is 13.0. The molecule has 0 fully saturated rings. The van der Waals surface area contributed by atoms with Gasteiger partial charge in [-0.1, -0.05) is 36.6 Å². The number of benzene rings is 2. The third kappa shape index (κ3) is 6.49. The number of nitrogens with one attached hydrogen (secondary N) is 5. The van der Waals surface area contributed by atoms with Crippen molar-refractivity contribution < 1.29 is 14.4 Å². The Morgan fingerprint density at radius 3 is 2.83 bits per heavy atom. The summed E-state index contributed by atoms with van der Waals surface area (Å²) < 4.78 is 0. The highest BCUT2D eigenvalue weighted by Crippen LogP contribution is 2.24. The summed E-state index contributed by atoms with van der Waals surface area (Å²) in [6.45, 7) is 0.365. The van der Waals surface area contributed by atoms with Crippen molar-refractivity contribution in [2.45, 2.75) is 44.6 Å². The number of amides is 3. The van der Waals surface area contributed by atoms with Crippen LogP contribution in [0, 0.1) is 0 Å². The summed E-state index contributed by atoms with van der Waals surface area (Å²) >= 11 is 6.19. The molecule has 0 aliphatic carbocycles. The molecule has 5 N–H and O–H groups in total. The lowest BCUT2D eigenvalue weighted by molar-refractivity contribution is -0.123. The second-order valence-electron chi connectivity index (χ2n) is 8.37. The van der Waals surface area contributed by atoms with Gasteiger partial charge in [-0.15, -0.1) is 5.53 Å². The molecule has 3 amide bonds. The molecule has 2 aromatic carbocycles. The number of carbonyl (C=O) groups is 3. The van der Waals surface area contributed by atoms with Crippen LogP contribution in [0.25, 0.3) is 0 Å². The largest absolute Gasteiger partial charge is 0.354 e. The van der Waals surface area contributed by atoms with Crippen molar-refractivity contribution >= 4 is 47.0 Å². The second kappa shape index (κ2) is 11.7. The summed E-state index contributed by atoms with van der Waals surface area (Å²) in [4.78, 5) is 38.2. The lowest BCUT2D eigenvalue weighted by Gasteiger charge is -2.21. The van der Waals surface area contributed by atoms with E-state index in [1.165, 1.54) is 0 Å². The standard InChI is InChI=1S/C24H28ClN7O3/c25-17-10-11-21(32-15-27-30-31-32)16(14-17)12-13-26-24(35)20-8-2-1-3-9-22(33)28-19-7-5-4-6-18(19)23(34)29-20/h4-7,10-11,14-15,20,30-31H,1-3,8-9,12-13H2,(H,26,35)(H,28,33)(H,29,34). The van der Waals surface area contributed by atoms with E-state index < -0.39 is 11.9 Å². The van der Waals surface area contributed by atoms with Gasteiger partial charge < -0.3 is 16.0 Å². The Hall–Kier alpha value is -3.63. The zero-order valence-corrected chi connectivity index (χ0v) is 19.9. The van der Waals surface area contributed by atoms with E-state index in [9.17, 15) is 14.4 Å². The van der Waals surface area contributed by atoms with E-state index in [0.29, 0.717) is 42.1 Å². The number of hydrazine groups is 2. The Labute approximate surface area is 208 Å². The first-order valence-corrected chi connectivity index (χ1v) is 12.0. The van der Waals surface area contributed by atoms with E-state index in [1.54, 1.807) is 41.7 Å². The number of halogens is 1. The number of hydrogen-bond acceptors (Lipinski definition) is 7. The molecule has 1 unspecified atom stereocenters. The predicted molar refractivity (Wildman–Crippen MR) is 135 cm³/mol. The molecule has 10 nitrogen and oxygen atoms in total. The molecule has 0 aromatic heterocycles. The maximum Gasteiger partial charge on any atom is 0.254 e. The molecule has 2 aliphatic rings. The SMILES string of the molecule is O=C1CCCCCC(C(=O)NCCc2cc(Cl)ccc2N2C=NNN2)NC(=O)c2ccccc2N1. The first-order chi connectivity index (χ1) is 17.0. The molecular weight excluding hydrogens is 470 g/mol. The number of hydrogen-bond donors (Lipinski definition) is 5. The van der Waals surface area contributed by atoms with Gasteiger partial charge in [0.2, 0.25) is 11.8 Å². The van der Waals surface area contributed by atoms with E-state index in [1.807, 2.05) is 12.1 Å². The number of carbonyl (C=O) groups excluding carboxylic acids is 3. The quantitative estimate of drug-likeness (QED) is 0.432. The lowest BCUT2D eigenvalue weighted by atomic mass is 10.0. The number of para-hydroxylation sites is 1. The Morgan fingerprint density at radius 1 is 1.14 bits per heavy atom. The minimum absolute atomic E-state index is 0.119. The van der Waals surface area contributed by atoms with Gasteiger partial charge in [0, 0.05) is 18.0 Å². The van der Waals surface area contributed by atoms with Crippen LogP contribution in [-0.2, 0) is 16.0 Å². The Morgan fingerprint density at radius 2 is 2.00 bits per heavy atom. The lowest BCUT2D eigenvalue weighted by Crippen LogP contribution is -2.47. The van der Waals surface area contributed by atoms with Gasteiger partial charge in [0.25, 0.3) is 5.91 Å². The normalized spacial score (nSPS) is 18.4. The Kier molecular flexibility index (Phi) is 8.17. The molecule has 184 valence electrons. The molecule has 2 heterocycles. The van der Waals surface area contributed by atoms with Crippen molar-refractivity contribution in [2.75, 3.05) is 16.9 Å². The second-order valence-corrected chi connectivity index (χ2v) is 8.81. The molecule has 4 rings (SSSR count). The van der Waals surface area contributed by atoms with Crippen LogP contribution in [0.5, 0.6) is 0 Å². The average molecular weight is 498 g/mol. The van der Waals surface area contributed by atoms with Gasteiger partial charge in [-0.25, -0.2) is 10.5 Å². The molecule has 0 radical (unpaired) electrons. The van der Waals surface area contributed by atoms with Crippen molar-refractivity contribution in [1.82, 2.24) is 21.7 Å². The molecule has 1 atom stereocenters. The molecule has 11 heteroatoms. The van der Waals surface area contributed by atoms with Crippen molar-refractivity contribution in [3.05, 3.63) is 58.6 Å². The van der Waals surface area contributed by atoms with E-state index in [2.05, 4.69) is 32.1 Å². The van der Waals surface area contributed by atoms with Crippen molar-refractivity contribution in [3.8, 4) is 0 Å². The van der Waals surface area contributed by atoms with Crippen LogP contribution >= 0.6 is 11.6 Å². The fourth-order valence-electron chi connectivity index (χ4n) is 4.07. The minimum atomic E-state index is -0.680. The average Bonchev–Trinajstić information content (AvgIpc) is 3.37. The van der Waals surface area contributed by atoms with E-state index >= 15 is 0 Å². The highest BCUT2D eigenvalue weighted by atomic mass is 35.5. The number of nitrogens with zero attached hydrogens (tertiary/aromatic N) is 2. The molecule has 0 saturated carbocycles. The van der Waals surface area contributed by atoms with Crippen LogP contribution in [0.3, 0.4) is 0 Å². The van der Waals surface area contributed by atoms with Crippen LogP contribution in [0.15, 0.2) is 47.6 Å². The first-order valence-electron chi connectivity index (χ1n) is 11.6. The third-order valence-corrected chi connectivity index (χ3v) is 6.10. The predicted octanol–water partition coefficient (Wildman–Crippen LogP) is 2.47.